The van der Waals surface area contributed by atoms with E-state index < -0.39 is 0 Å². The molecule has 1 fully saturated rings. The van der Waals surface area contributed by atoms with E-state index in [2.05, 4.69) is 15.6 Å². The predicted molar refractivity (Wildman–Crippen MR) is 119 cm³/mol. The monoisotopic (exact) mass is 410 g/mol. The molecule has 30 heavy (non-hydrogen) atoms. The number of nitrogens with two attached hydrogens (primary N) is 2. The number of aryl methyl sites for hydroxylation is 1. The predicted octanol–water partition coefficient (Wildman–Crippen LogP) is 2.78. The second-order valence-electron chi connectivity index (χ2n) is 8.04. The molecule has 0 aliphatic carbocycles. The molecule has 3 aromatic heterocycles. The summed E-state index contributed by atoms with van der Waals surface area (Å²) in [6.07, 6.45) is 3.93. The first-order valence-electron chi connectivity index (χ1n) is 10.3. The molecule has 0 aromatic carbocycles. The number of pyridine rings is 2. The minimum atomic E-state index is 0.545. The average molecular weight is 411 g/mol. The number of hydrazine groups is 1. The van der Waals surface area contributed by atoms with Crippen molar-refractivity contribution in [2.24, 2.45) is 17.5 Å². The van der Waals surface area contributed by atoms with Crippen molar-refractivity contribution in [3.63, 3.8) is 0 Å². The maximum atomic E-state index is 6.12. The minimum absolute atomic E-state index is 0.545. The van der Waals surface area contributed by atoms with Crippen molar-refractivity contribution >= 4 is 27.6 Å². The van der Waals surface area contributed by atoms with Crippen LogP contribution < -0.4 is 16.3 Å². The molecule has 0 saturated carbocycles. The van der Waals surface area contributed by atoms with Gasteiger partial charge in [-0.25, -0.2) is 10.8 Å². The highest BCUT2D eigenvalue weighted by Gasteiger charge is 2.22. The standard InChI is InChI=1S/C22H30N6O2/c1-13(23)22(27(3)24)16-9-18-21(25-11-16)20-14(2)26-19(29-4)10-17(20)28(18)12-15-5-7-30-8-6-15/h9-11,15H,5-8,12,23-24H2,1-4H3/b22-13-. The number of allylic oxidation sites excluding steroid dienone is 1. The van der Waals surface area contributed by atoms with Crippen LogP contribution in [0, 0.1) is 12.8 Å². The zero-order valence-electron chi connectivity index (χ0n) is 18.1. The highest BCUT2D eigenvalue weighted by Crippen LogP contribution is 2.34. The van der Waals surface area contributed by atoms with E-state index in [1.165, 1.54) is 0 Å². The fraction of sp³-hybridized carbons (Fsp3) is 0.455. The second kappa shape index (κ2) is 8.12. The molecule has 0 bridgehead atoms. The van der Waals surface area contributed by atoms with Gasteiger partial charge in [-0.3, -0.25) is 4.98 Å². The molecule has 0 amide bonds. The molecule has 1 aliphatic rings. The fourth-order valence-electron chi connectivity index (χ4n) is 4.44. The van der Waals surface area contributed by atoms with Crippen LogP contribution in [-0.4, -0.2) is 46.9 Å². The molecular weight excluding hydrogens is 380 g/mol. The number of rotatable bonds is 5. The molecule has 160 valence electrons. The zero-order chi connectivity index (χ0) is 21.4. The number of fused-ring (bicyclic) bond motifs is 3. The maximum Gasteiger partial charge on any atom is 0.215 e. The minimum Gasteiger partial charge on any atom is -0.481 e. The third kappa shape index (κ3) is 3.57. The van der Waals surface area contributed by atoms with Crippen molar-refractivity contribution in [1.82, 2.24) is 19.5 Å². The first-order valence-corrected chi connectivity index (χ1v) is 10.3. The van der Waals surface area contributed by atoms with Crippen molar-refractivity contribution in [2.75, 3.05) is 27.4 Å². The lowest BCUT2D eigenvalue weighted by Gasteiger charge is -2.23. The van der Waals surface area contributed by atoms with Gasteiger partial charge < -0.3 is 24.8 Å². The van der Waals surface area contributed by atoms with Crippen LogP contribution in [0.4, 0.5) is 0 Å². The van der Waals surface area contributed by atoms with Crippen LogP contribution >= 0.6 is 0 Å². The lowest BCUT2D eigenvalue weighted by atomic mass is 10.0. The Kier molecular flexibility index (Phi) is 5.53. The summed E-state index contributed by atoms with van der Waals surface area (Å²) in [7, 11) is 3.43. The number of methoxy groups -OCH3 is 1. The highest BCUT2D eigenvalue weighted by atomic mass is 16.5. The van der Waals surface area contributed by atoms with E-state index in [-0.39, 0.29) is 0 Å². The van der Waals surface area contributed by atoms with Crippen molar-refractivity contribution in [3.8, 4) is 5.88 Å². The third-order valence-corrected chi connectivity index (χ3v) is 5.83. The summed E-state index contributed by atoms with van der Waals surface area (Å²) in [6, 6.07) is 4.13. The average Bonchev–Trinajstić information content (AvgIpc) is 3.01. The Morgan fingerprint density at radius 1 is 1.30 bits per heavy atom. The molecule has 4 heterocycles. The Hall–Kier alpha value is -2.84. The van der Waals surface area contributed by atoms with Gasteiger partial charge in [0.1, 0.15) is 0 Å². The molecule has 8 nitrogen and oxygen atoms in total. The van der Waals surface area contributed by atoms with Crippen LogP contribution in [0.25, 0.3) is 27.6 Å². The van der Waals surface area contributed by atoms with Gasteiger partial charge in [0.05, 0.1) is 35.1 Å². The normalized spacial score (nSPS) is 16.2. The van der Waals surface area contributed by atoms with E-state index in [1.807, 2.05) is 26.1 Å². The van der Waals surface area contributed by atoms with Crippen LogP contribution in [0.1, 0.15) is 31.0 Å². The number of aromatic nitrogens is 3. The number of hydrogen-bond donors (Lipinski definition) is 2. The summed E-state index contributed by atoms with van der Waals surface area (Å²) >= 11 is 0. The smallest absolute Gasteiger partial charge is 0.215 e. The van der Waals surface area contributed by atoms with E-state index in [9.17, 15) is 0 Å². The van der Waals surface area contributed by atoms with E-state index in [0.29, 0.717) is 17.5 Å². The number of nitrogens with zero attached hydrogens (tertiary/aromatic N) is 4. The Labute approximate surface area is 176 Å². The molecular formula is C22H30N6O2. The van der Waals surface area contributed by atoms with Gasteiger partial charge in [0.2, 0.25) is 5.88 Å². The van der Waals surface area contributed by atoms with Crippen LogP contribution in [0.2, 0.25) is 0 Å². The summed E-state index contributed by atoms with van der Waals surface area (Å²) in [5, 5.41) is 2.60. The zero-order valence-corrected chi connectivity index (χ0v) is 18.1. The third-order valence-electron chi connectivity index (χ3n) is 5.83. The van der Waals surface area contributed by atoms with Crippen LogP contribution in [-0.2, 0) is 11.3 Å². The number of hydrogen-bond acceptors (Lipinski definition) is 7. The quantitative estimate of drug-likeness (QED) is 0.492. The van der Waals surface area contributed by atoms with Crippen molar-refractivity contribution in [1.29, 1.82) is 0 Å². The lowest BCUT2D eigenvalue weighted by Crippen LogP contribution is -2.26. The molecule has 8 heteroatoms. The Morgan fingerprint density at radius 2 is 2.03 bits per heavy atom. The summed E-state index contributed by atoms with van der Waals surface area (Å²) in [5.74, 6) is 7.21. The van der Waals surface area contributed by atoms with Gasteiger partial charge in [0, 0.05) is 55.7 Å². The summed E-state index contributed by atoms with van der Waals surface area (Å²) in [4.78, 5) is 9.42. The highest BCUT2D eigenvalue weighted by molar-refractivity contribution is 6.07. The Balaban J connectivity index is 1.97. The summed E-state index contributed by atoms with van der Waals surface area (Å²) < 4.78 is 13.4. The SMILES string of the molecule is COc1cc2c(c(C)n1)c1ncc(/C(=C(\C)N)N(C)N)cc1n2CC1CCOCC1. The molecule has 1 aliphatic heterocycles. The fourth-order valence-corrected chi connectivity index (χ4v) is 4.44. The van der Waals surface area contributed by atoms with Crippen LogP contribution in [0.3, 0.4) is 0 Å². The first-order chi connectivity index (χ1) is 14.4. The van der Waals surface area contributed by atoms with Gasteiger partial charge in [-0.2, -0.15) is 0 Å². The van der Waals surface area contributed by atoms with Crippen molar-refractivity contribution in [3.05, 3.63) is 35.3 Å². The second-order valence-corrected chi connectivity index (χ2v) is 8.04. The summed E-state index contributed by atoms with van der Waals surface area (Å²) in [5.41, 5.74) is 12.4. The van der Waals surface area contributed by atoms with Gasteiger partial charge in [-0.05, 0) is 38.7 Å². The maximum absolute atomic E-state index is 6.12. The van der Waals surface area contributed by atoms with Gasteiger partial charge in [0.15, 0.2) is 0 Å². The van der Waals surface area contributed by atoms with Gasteiger partial charge in [0.25, 0.3) is 0 Å². The van der Waals surface area contributed by atoms with E-state index >= 15 is 0 Å². The van der Waals surface area contributed by atoms with Crippen LogP contribution in [0.5, 0.6) is 5.88 Å². The molecule has 4 rings (SSSR count). The molecule has 0 unspecified atom stereocenters. The van der Waals surface area contributed by atoms with Gasteiger partial charge in [-0.1, -0.05) is 0 Å². The molecule has 4 N–H and O–H groups in total. The van der Waals surface area contributed by atoms with E-state index in [0.717, 1.165) is 71.5 Å². The molecule has 3 aromatic rings. The van der Waals surface area contributed by atoms with Crippen molar-refractivity contribution in [2.45, 2.75) is 33.2 Å². The largest absolute Gasteiger partial charge is 0.481 e. The molecule has 0 spiro atoms. The summed E-state index contributed by atoms with van der Waals surface area (Å²) in [6.45, 7) is 6.36. The van der Waals surface area contributed by atoms with Crippen molar-refractivity contribution < 1.29 is 9.47 Å². The van der Waals surface area contributed by atoms with Crippen LogP contribution in [0.15, 0.2) is 24.0 Å². The number of ether oxygens (including phenoxy) is 2. The molecule has 1 saturated heterocycles. The van der Waals surface area contributed by atoms with E-state index in [1.54, 1.807) is 19.2 Å². The Bertz CT molecular complexity index is 1110. The lowest BCUT2D eigenvalue weighted by molar-refractivity contribution is 0.0619. The topological polar surface area (TPSA) is 104 Å². The van der Waals surface area contributed by atoms with Gasteiger partial charge in [-0.15, -0.1) is 0 Å². The van der Waals surface area contributed by atoms with Gasteiger partial charge >= 0.3 is 0 Å². The molecule has 0 atom stereocenters. The van der Waals surface area contributed by atoms with E-state index in [4.69, 9.17) is 26.0 Å². The molecule has 0 radical (unpaired) electrons. The Morgan fingerprint density at radius 3 is 2.67 bits per heavy atom. The first kappa shape index (κ1) is 20.4.